The fraction of sp³-hybridized carbons (Fsp3) is 0.200. The normalized spacial score (nSPS) is 12.4. The van der Waals surface area contributed by atoms with Crippen LogP contribution >= 0.6 is 0 Å². The minimum absolute atomic E-state index is 0.0181. The van der Waals surface area contributed by atoms with E-state index >= 15 is 0 Å². The molecule has 0 atom stereocenters. The molecule has 26 heavy (non-hydrogen) atoms. The van der Waals surface area contributed by atoms with Gasteiger partial charge in [0.2, 0.25) is 12.3 Å². The Labute approximate surface area is 142 Å². The number of alkyl halides is 4. The molecule has 4 heterocycles. The van der Waals surface area contributed by atoms with Crippen LogP contribution in [0.25, 0.3) is 28.3 Å². The van der Waals surface area contributed by atoms with Gasteiger partial charge in [0.05, 0.1) is 0 Å². The second-order valence-electron chi connectivity index (χ2n) is 5.44. The Hall–Kier alpha value is -3.24. The minimum Gasteiger partial charge on any atom is -0.422 e. The van der Waals surface area contributed by atoms with Crippen molar-refractivity contribution in [3.8, 4) is 17.5 Å². The van der Waals surface area contributed by atoms with Gasteiger partial charge in [0.15, 0.2) is 0 Å². The van der Waals surface area contributed by atoms with Gasteiger partial charge in [-0.25, -0.2) is 13.8 Å². The van der Waals surface area contributed by atoms with E-state index in [9.17, 15) is 17.6 Å². The molecule has 0 aliphatic carbocycles. The number of hydrogen-bond acceptors (Lipinski definition) is 6. The van der Waals surface area contributed by atoms with E-state index in [1.54, 1.807) is 0 Å². The summed E-state index contributed by atoms with van der Waals surface area (Å²) in [7, 11) is 0. The Bertz CT molecular complexity index is 1090. The van der Waals surface area contributed by atoms with Gasteiger partial charge < -0.3 is 9.15 Å². The third-order valence-corrected chi connectivity index (χ3v) is 3.64. The van der Waals surface area contributed by atoms with Crippen molar-refractivity contribution in [1.29, 1.82) is 0 Å². The monoisotopic (exact) mass is 367 g/mol. The third kappa shape index (κ3) is 2.70. The first-order chi connectivity index (χ1) is 12.3. The fourth-order valence-electron chi connectivity index (χ4n) is 2.61. The zero-order chi connectivity index (χ0) is 18.5. The van der Waals surface area contributed by atoms with Crippen LogP contribution in [0.3, 0.4) is 0 Å². The Morgan fingerprint density at radius 2 is 2.04 bits per heavy atom. The summed E-state index contributed by atoms with van der Waals surface area (Å²) in [4.78, 5) is 8.17. The van der Waals surface area contributed by atoms with E-state index in [2.05, 4.69) is 24.9 Å². The topological polar surface area (TPSA) is 78.3 Å². The molecule has 0 saturated heterocycles. The standard InChI is InChI=1S/C15H9F4N5O2/c1-15(18,19)8-4-11(26-14(16)17)22-12-7(8)2-3-10-21-9(5-24(10)12)13-23-20-6-25-13/h2-6,14H,1H3. The highest BCUT2D eigenvalue weighted by molar-refractivity contribution is 5.84. The number of pyridine rings is 2. The SMILES string of the molecule is CC(F)(F)c1cc(OC(F)F)nc2c1ccc1nc(-c3nnco3)cn12. The lowest BCUT2D eigenvalue weighted by Gasteiger charge is -2.15. The van der Waals surface area contributed by atoms with E-state index in [1.165, 1.54) is 22.7 Å². The van der Waals surface area contributed by atoms with E-state index in [0.29, 0.717) is 12.6 Å². The molecular formula is C15H9F4N5O2. The van der Waals surface area contributed by atoms with Gasteiger partial charge in [-0.3, -0.25) is 4.40 Å². The van der Waals surface area contributed by atoms with Gasteiger partial charge in [0.1, 0.15) is 17.0 Å². The molecule has 4 aromatic rings. The van der Waals surface area contributed by atoms with Crippen LogP contribution in [0.4, 0.5) is 17.6 Å². The molecule has 0 bridgehead atoms. The summed E-state index contributed by atoms with van der Waals surface area (Å²) in [5, 5.41) is 7.33. The van der Waals surface area contributed by atoms with Gasteiger partial charge in [-0.15, -0.1) is 10.2 Å². The summed E-state index contributed by atoms with van der Waals surface area (Å²) in [6.07, 6.45) is 2.54. The summed E-state index contributed by atoms with van der Waals surface area (Å²) >= 11 is 0. The number of aromatic nitrogens is 5. The van der Waals surface area contributed by atoms with Crippen LogP contribution in [0.1, 0.15) is 12.5 Å². The smallest absolute Gasteiger partial charge is 0.388 e. The predicted octanol–water partition coefficient (Wildman–Crippen LogP) is 3.65. The molecular weight excluding hydrogens is 358 g/mol. The number of ether oxygens (including phenoxy) is 1. The highest BCUT2D eigenvalue weighted by Crippen LogP contribution is 2.35. The van der Waals surface area contributed by atoms with E-state index in [1.807, 2.05) is 0 Å². The van der Waals surface area contributed by atoms with Gasteiger partial charge in [-0.1, -0.05) is 0 Å². The van der Waals surface area contributed by atoms with E-state index in [0.717, 1.165) is 12.5 Å². The molecule has 4 rings (SSSR count). The van der Waals surface area contributed by atoms with Gasteiger partial charge in [0, 0.05) is 30.1 Å². The van der Waals surface area contributed by atoms with Crippen molar-refractivity contribution < 1.29 is 26.7 Å². The molecule has 0 saturated carbocycles. The quantitative estimate of drug-likeness (QED) is 0.513. The number of rotatable bonds is 4. The Morgan fingerprint density at radius 1 is 1.23 bits per heavy atom. The van der Waals surface area contributed by atoms with Crippen molar-refractivity contribution in [2.24, 2.45) is 0 Å². The third-order valence-electron chi connectivity index (χ3n) is 3.64. The average molecular weight is 367 g/mol. The van der Waals surface area contributed by atoms with Crippen LogP contribution in [0, 0.1) is 0 Å². The lowest BCUT2D eigenvalue weighted by atomic mass is 10.1. The lowest BCUT2D eigenvalue weighted by molar-refractivity contribution is -0.0533. The van der Waals surface area contributed by atoms with E-state index in [-0.39, 0.29) is 22.6 Å². The Kier molecular flexibility index (Phi) is 3.53. The number of imidazole rings is 1. The van der Waals surface area contributed by atoms with Gasteiger partial charge in [0.25, 0.3) is 11.8 Å². The fourth-order valence-corrected chi connectivity index (χ4v) is 2.61. The van der Waals surface area contributed by atoms with Crippen molar-refractivity contribution in [1.82, 2.24) is 24.6 Å². The Morgan fingerprint density at radius 3 is 2.69 bits per heavy atom. The maximum absolute atomic E-state index is 14.0. The lowest BCUT2D eigenvalue weighted by Crippen LogP contribution is -2.12. The van der Waals surface area contributed by atoms with E-state index < -0.39 is 24.0 Å². The molecule has 0 amide bonds. The summed E-state index contributed by atoms with van der Waals surface area (Å²) in [6.45, 7) is -2.54. The largest absolute Gasteiger partial charge is 0.422 e. The number of halogens is 4. The molecule has 0 aliphatic rings. The number of nitrogens with zero attached hydrogens (tertiary/aromatic N) is 5. The highest BCUT2D eigenvalue weighted by Gasteiger charge is 2.29. The highest BCUT2D eigenvalue weighted by atomic mass is 19.3. The van der Waals surface area contributed by atoms with Crippen molar-refractivity contribution >= 4 is 16.7 Å². The summed E-state index contributed by atoms with van der Waals surface area (Å²) in [5.74, 6) is -3.81. The number of fused-ring (bicyclic) bond motifs is 3. The van der Waals surface area contributed by atoms with Crippen molar-refractivity contribution in [2.45, 2.75) is 19.5 Å². The van der Waals surface area contributed by atoms with Crippen LogP contribution in [0.2, 0.25) is 0 Å². The molecule has 0 unspecified atom stereocenters. The van der Waals surface area contributed by atoms with Crippen LogP contribution in [0.15, 0.2) is 35.2 Å². The zero-order valence-corrected chi connectivity index (χ0v) is 13.0. The molecule has 4 aromatic heterocycles. The molecule has 0 fully saturated rings. The molecule has 0 N–H and O–H groups in total. The van der Waals surface area contributed by atoms with Gasteiger partial charge in [-0.05, 0) is 12.1 Å². The van der Waals surface area contributed by atoms with Gasteiger partial charge >= 0.3 is 6.61 Å². The van der Waals surface area contributed by atoms with Crippen LogP contribution in [0.5, 0.6) is 5.88 Å². The maximum Gasteiger partial charge on any atom is 0.388 e. The first kappa shape index (κ1) is 16.2. The Balaban J connectivity index is 2.02. The predicted molar refractivity (Wildman–Crippen MR) is 80.0 cm³/mol. The second kappa shape index (κ2) is 5.64. The van der Waals surface area contributed by atoms with Crippen molar-refractivity contribution in [2.75, 3.05) is 0 Å². The molecule has 0 radical (unpaired) electrons. The maximum atomic E-state index is 14.0. The molecule has 0 aromatic carbocycles. The first-order valence-electron chi connectivity index (χ1n) is 7.25. The molecule has 134 valence electrons. The van der Waals surface area contributed by atoms with Crippen LogP contribution in [-0.2, 0) is 5.92 Å². The van der Waals surface area contributed by atoms with Crippen LogP contribution in [-0.4, -0.2) is 31.2 Å². The van der Waals surface area contributed by atoms with Gasteiger partial charge in [-0.2, -0.15) is 13.8 Å². The first-order valence-corrected chi connectivity index (χ1v) is 7.25. The van der Waals surface area contributed by atoms with Crippen molar-refractivity contribution in [3.05, 3.63) is 36.4 Å². The summed E-state index contributed by atoms with van der Waals surface area (Å²) in [6, 6.07) is 3.68. The molecule has 11 heteroatoms. The second-order valence-corrected chi connectivity index (χ2v) is 5.44. The molecule has 0 aliphatic heterocycles. The van der Waals surface area contributed by atoms with Crippen LogP contribution < -0.4 is 4.74 Å². The van der Waals surface area contributed by atoms with E-state index in [4.69, 9.17) is 4.42 Å². The summed E-state index contributed by atoms with van der Waals surface area (Å²) in [5.41, 5.74) is 0.100. The zero-order valence-electron chi connectivity index (χ0n) is 13.0. The average Bonchev–Trinajstić information content (AvgIpc) is 3.21. The molecule has 7 nitrogen and oxygen atoms in total. The summed E-state index contributed by atoms with van der Waals surface area (Å²) < 4.78 is 63.8. The van der Waals surface area contributed by atoms with Crippen molar-refractivity contribution in [3.63, 3.8) is 0 Å². The molecule has 0 spiro atoms. The number of hydrogen-bond donors (Lipinski definition) is 0. The minimum atomic E-state index is -3.30.